The van der Waals surface area contributed by atoms with Gasteiger partial charge in [-0.05, 0) is 12.1 Å². The van der Waals surface area contributed by atoms with Crippen LogP contribution in [0.4, 0.5) is 0 Å². The van der Waals surface area contributed by atoms with Crippen molar-refractivity contribution in [3.05, 3.63) is 65.4 Å². The molecule has 6 heteroatoms. The molecule has 2 aliphatic heterocycles. The van der Waals surface area contributed by atoms with Gasteiger partial charge in [-0.2, -0.15) is 0 Å². The second kappa shape index (κ2) is 4.79. The predicted octanol–water partition coefficient (Wildman–Crippen LogP) is 1.99. The summed E-state index contributed by atoms with van der Waals surface area (Å²) < 4.78 is 34.5. The fourth-order valence-corrected chi connectivity index (χ4v) is 7.61. The van der Waals surface area contributed by atoms with Crippen molar-refractivity contribution in [2.75, 3.05) is 5.75 Å². The number of hydrogen-bond donors (Lipinski definition) is 2. The third-order valence-corrected chi connectivity index (χ3v) is 8.77. The molecule has 0 unspecified atom stereocenters. The van der Waals surface area contributed by atoms with Gasteiger partial charge < -0.3 is 0 Å². The van der Waals surface area contributed by atoms with E-state index in [0.717, 1.165) is 20.9 Å². The summed E-state index contributed by atoms with van der Waals surface area (Å²) in [4.78, 5) is 1.47. The molecule has 0 bridgehead atoms. The Labute approximate surface area is 131 Å². The maximum atomic E-state index is 13.0. The number of hydrogen-bond acceptors (Lipinski definition) is 2. The zero-order valence-corrected chi connectivity index (χ0v) is 13.5. The highest BCUT2D eigenvalue weighted by Gasteiger charge is 2.30. The van der Waals surface area contributed by atoms with Gasteiger partial charge in [-0.25, -0.2) is 8.80 Å². The van der Waals surface area contributed by atoms with Crippen LogP contribution in [0.1, 0.15) is 11.1 Å². The zero-order valence-electron chi connectivity index (χ0n) is 11.7. The molecule has 2 heterocycles. The van der Waals surface area contributed by atoms with Crippen molar-refractivity contribution in [1.29, 1.82) is 0 Å². The Hall–Kier alpha value is -1.92. The molecule has 2 aromatic rings. The number of nitrogens with zero attached hydrogens (tertiary/aromatic N) is 2. The third kappa shape index (κ3) is 2.02. The Bertz CT molecular complexity index is 842. The molecule has 0 saturated heterocycles. The Kier molecular flexibility index (Phi) is 2.99. The van der Waals surface area contributed by atoms with Crippen LogP contribution in [0.3, 0.4) is 0 Å². The Balaban J connectivity index is 1.63. The average Bonchev–Trinajstić information content (AvgIpc) is 3.07. The number of rotatable bonds is 3. The molecule has 22 heavy (non-hydrogen) atoms. The highest BCUT2D eigenvalue weighted by molar-refractivity contribution is 8.07. The van der Waals surface area contributed by atoms with Gasteiger partial charge in [-0.15, -0.1) is 0 Å². The molecule has 4 nitrogen and oxygen atoms in total. The van der Waals surface area contributed by atoms with Crippen molar-refractivity contribution >= 4 is 32.7 Å². The Morgan fingerprint density at radius 3 is 2.18 bits per heavy atom. The van der Waals surface area contributed by atoms with E-state index in [9.17, 15) is 8.42 Å². The first-order valence-corrected chi connectivity index (χ1v) is 10.5. The standard InChI is InChI=1S/C16H15N2O2S2/c19-21(15-7-3-1-5-13(15)11-17-21)9-10-22(20)16-8-4-2-6-14(16)12-18-22/h1-9,11-12,21-22H,10H2. The summed E-state index contributed by atoms with van der Waals surface area (Å²) in [5.74, 6) is 1.78. The normalized spacial score (nSPS) is 22.0. The van der Waals surface area contributed by atoms with E-state index in [0.29, 0.717) is 0 Å². The van der Waals surface area contributed by atoms with Crippen LogP contribution in [0.25, 0.3) is 0 Å². The summed E-state index contributed by atoms with van der Waals surface area (Å²) in [5, 5.41) is 0. The van der Waals surface area contributed by atoms with Crippen LogP contribution in [0.5, 0.6) is 0 Å². The molecule has 0 atom stereocenters. The second-order valence-corrected chi connectivity index (χ2v) is 10.1. The lowest BCUT2D eigenvalue weighted by Gasteiger charge is -2.21. The minimum absolute atomic E-state index is 0.170. The van der Waals surface area contributed by atoms with Crippen LogP contribution in [-0.4, -0.2) is 26.6 Å². The van der Waals surface area contributed by atoms with Crippen molar-refractivity contribution in [2.24, 2.45) is 8.80 Å². The van der Waals surface area contributed by atoms with Gasteiger partial charge in [0.05, 0.1) is 5.75 Å². The van der Waals surface area contributed by atoms with Crippen molar-refractivity contribution in [1.82, 2.24) is 0 Å². The van der Waals surface area contributed by atoms with Crippen LogP contribution >= 0.6 is 0 Å². The molecule has 0 saturated carbocycles. The Morgan fingerprint density at radius 2 is 1.41 bits per heavy atom. The van der Waals surface area contributed by atoms with Gasteiger partial charge in [0.15, 0.2) is 0 Å². The van der Waals surface area contributed by atoms with E-state index in [-0.39, 0.29) is 5.75 Å². The summed E-state index contributed by atoms with van der Waals surface area (Å²) in [5.41, 5.74) is 1.75. The van der Waals surface area contributed by atoms with E-state index in [1.807, 2.05) is 48.5 Å². The first kappa shape index (κ1) is 13.7. The van der Waals surface area contributed by atoms with Crippen LogP contribution < -0.4 is 0 Å². The van der Waals surface area contributed by atoms with E-state index in [1.54, 1.807) is 18.2 Å². The van der Waals surface area contributed by atoms with Crippen molar-refractivity contribution in [3.8, 4) is 0 Å². The van der Waals surface area contributed by atoms with E-state index in [4.69, 9.17) is 0 Å². The van der Waals surface area contributed by atoms with Gasteiger partial charge in [0.2, 0.25) is 0 Å². The fourth-order valence-electron chi connectivity index (χ4n) is 2.74. The summed E-state index contributed by atoms with van der Waals surface area (Å²) in [6.45, 7) is 0. The van der Waals surface area contributed by atoms with Gasteiger partial charge >= 0.3 is 0 Å². The summed E-state index contributed by atoms with van der Waals surface area (Å²) in [6.07, 6.45) is 3.28. The van der Waals surface area contributed by atoms with Gasteiger partial charge in [-0.1, -0.05) is 36.4 Å². The minimum atomic E-state index is -2.97. The van der Waals surface area contributed by atoms with Crippen LogP contribution in [0.2, 0.25) is 0 Å². The molecule has 0 N–H and O–H groups in total. The lowest BCUT2D eigenvalue weighted by molar-refractivity contribution is 0.670. The maximum absolute atomic E-state index is 13.0. The molecule has 0 aliphatic carbocycles. The molecule has 0 aromatic heterocycles. The smallest absolute Gasteiger partial charge is 0.0610 e. The topological polar surface area (TPSA) is 58.9 Å². The molecule has 113 valence electrons. The quantitative estimate of drug-likeness (QED) is 0.845. The first-order valence-electron chi connectivity index (χ1n) is 6.94. The first-order chi connectivity index (χ1) is 10.6. The predicted molar refractivity (Wildman–Crippen MR) is 92.8 cm³/mol. The number of fused-ring (bicyclic) bond motifs is 2. The van der Waals surface area contributed by atoms with Gasteiger partial charge in [-0.3, -0.25) is 8.42 Å². The Morgan fingerprint density at radius 1 is 0.818 bits per heavy atom. The SMILES string of the molecule is O=[SH]1([CH]C[SH]2(=O)N=Cc3ccccc32)N=Cc2ccccc21. The van der Waals surface area contributed by atoms with Crippen molar-refractivity contribution in [2.45, 2.75) is 9.79 Å². The second-order valence-electron chi connectivity index (χ2n) is 5.30. The van der Waals surface area contributed by atoms with Crippen molar-refractivity contribution < 1.29 is 8.42 Å². The molecule has 0 fully saturated rings. The minimum Gasteiger partial charge on any atom is -0.260 e. The molecule has 2 aliphatic rings. The maximum Gasteiger partial charge on any atom is 0.0610 e. The summed E-state index contributed by atoms with van der Waals surface area (Å²) in [6, 6.07) is 14.9. The van der Waals surface area contributed by atoms with E-state index in [2.05, 4.69) is 8.80 Å². The fraction of sp³-hybridized carbons (Fsp3) is 0.0625. The molecule has 0 amide bonds. The zero-order chi connectivity index (χ0) is 15.2. The molecule has 0 spiro atoms. The van der Waals surface area contributed by atoms with Crippen LogP contribution in [0.15, 0.2) is 67.1 Å². The average molecular weight is 331 g/mol. The molecule has 1 radical (unpaired) electrons. The summed E-state index contributed by atoms with van der Waals surface area (Å²) in [7, 11) is -5.87. The van der Waals surface area contributed by atoms with E-state index < -0.39 is 20.2 Å². The highest BCUT2D eigenvalue weighted by Crippen LogP contribution is 2.35. The highest BCUT2D eigenvalue weighted by atomic mass is 32.3. The van der Waals surface area contributed by atoms with Crippen LogP contribution in [0, 0.1) is 5.75 Å². The molecular weight excluding hydrogens is 316 g/mol. The van der Waals surface area contributed by atoms with Gasteiger partial charge in [0.25, 0.3) is 0 Å². The van der Waals surface area contributed by atoms with Gasteiger partial charge in [0, 0.05) is 59.3 Å². The largest absolute Gasteiger partial charge is 0.260 e. The monoisotopic (exact) mass is 331 g/mol. The lowest BCUT2D eigenvalue weighted by Crippen LogP contribution is -2.18. The molecule has 2 aromatic carbocycles. The molecule has 4 rings (SSSR count). The molecular formula is C16H15N2O2S2. The summed E-state index contributed by atoms with van der Waals surface area (Å²) >= 11 is 0. The van der Waals surface area contributed by atoms with Crippen molar-refractivity contribution in [3.63, 3.8) is 0 Å². The number of thiol groups is 2. The van der Waals surface area contributed by atoms with Gasteiger partial charge in [0.1, 0.15) is 0 Å². The lowest BCUT2D eigenvalue weighted by atomic mass is 10.2. The van der Waals surface area contributed by atoms with E-state index in [1.165, 1.54) is 0 Å². The van der Waals surface area contributed by atoms with Crippen LogP contribution in [-0.2, 0) is 20.2 Å². The third-order valence-electron chi connectivity index (χ3n) is 3.92. The van der Waals surface area contributed by atoms with E-state index >= 15 is 0 Å². The number of benzene rings is 2.